The highest BCUT2D eigenvalue weighted by Crippen LogP contribution is 2.30. The normalized spacial score (nSPS) is 10.9. The van der Waals surface area contributed by atoms with E-state index in [0.29, 0.717) is 27.3 Å². The maximum Gasteiger partial charge on any atom is 0.323 e. The van der Waals surface area contributed by atoms with E-state index in [1.165, 1.54) is 11.1 Å². The molecule has 25 heavy (non-hydrogen) atoms. The molecule has 1 heterocycles. The average molecular weight is 385 g/mol. The average Bonchev–Trinajstić information content (AvgIpc) is 2.98. The van der Waals surface area contributed by atoms with Gasteiger partial charge in [-0.05, 0) is 32.0 Å². The molecule has 1 aromatic heterocycles. The maximum atomic E-state index is 12.2. The molecule has 0 aliphatic rings. The number of oxazole rings is 1. The standard InChI is InChI=1S/C17H18Cl2N2O4/c1-10(2)21(9-17(23)24)16(22)6-5-15-20-8-14(25-15)12-4-3-11(18)7-13(12)19/h3-4,7-8,10H,5-6,9H2,1-2H3,(H,23,24). The first-order chi connectivity index (χ1) is 11.8. The van der Waals surface area contributed by atoms with Crippen LogP contribution < -0.4 is 0 Å². The molecule has 6 nitrogen and oxygen atoms in total. The third-order valence-corrected chi connectivity index (χ3v) is 4.10. The number of hydrogen-bond acceptors (Lipinski definition) is 4. The number of carboxylic acid groups (broad SMARTS) is 1. The van der Waals surface area contributed by atoms with Crippen molar-refractivity contribution in [3.63, 3.8) is 0 Å². The monoisotopic (exact) mass is 384 g/mol. The topological polar surface area (TPSA) is 83.6 Å². The summed E-state index contributed by atoms with van der Waals surface area (Å²) in [6, 6.07) is 4.84. The summed E-state index contributed by atoms with van der Waals surface area (Å²) in [5.41, 5.74) is 0.658. The van der Waals surface area contributed by atoms with Crippen LogP contribution in [0.5, 0.6) is 0 Å². The molecule has 0 aliphatic heterocycles. The number of halogens is 2. The predicted molar refractivity (Wildman–Crippen MR) is 94.8 cm³/mol. The highest BCUT2D eigenvalue weighted by atomic mass is 35.5. The third kappa shape index (κ3) is 5.21. The van der Waals surface area contributed by atoms with Crippen LogP contribution in [0.3, 0.4) is 0 Å². The molecule has 0 fully saturated rings. The molecule has 0 bridgehead atoms. The molecule has 1 aromatic carbocycles. The van der Waals surface area contributed by atoms with Gasteiger partial charge in [-0.3, -0.25) is 9.59 Å². The second-order valence-electron chi connectivity index (χ2n) is 5.75. The lowest BCUT2D eigenvalue weighted by Crippen LogP contribution is -2.40. The van der Waals surface area contributed by atoms with Gasteiger partial charge in [0.2, 0.25) is 5.91 Å². The molecule has 8 heteroatoms. The molecular weight excluding hydrogens is 367 g/mol. The Morgan fingerprint density at radius 1 is 1.32 bits per heavy atom. The van der Waals surface area contributed by atoms with Crippen LogP contribution in [-0.2, 0) is 16.0 Å². The molecule has 2 rings (SSSR count). The van der Waals surface area contributed by atoms with Gasteiger partial charge < -0.3 is 14.4 Å². The highest BCUT2D eigenvalue weighted by Gasteiger charge is 2.20. The van der Waals surface area contributed by atoms with Crippen LogP contribution in [0.25, 0.3) is 11.3 Å². The molecule has 134 valence electrons. The first-order valence-electron chi connectivity index (χ1n) is 7.69. The number of aromatic nitrogens is 1. The van der Waals surface area contributed by atoms with E-state index >= 15 is 0 Å². The molecular formula is C17H18Cl2N2O4. The van der Waals surface area contributed by atoms with Gasteiger partial charge in [-0.15, -0.1) is 0 Å². The Bertz CT molecular complexity index is 774. The van der Waals surface area contributed by atoms with Crippen molar-refractivity contribution >= 4 is 35.1 Å². The largest absolute Gasteiger partial charge is 0.480 e. The van der Waals surface area contributed by atoms with Gasteiger partial charge in [0.05, 0.1) is 11.2 Å². The number of amides is 1. The van der Waals surface area contributed by atoms with Crippen LogP contribution >= 0.6 is 23.2 Å². The smallest absolute Gasteiger partial charge is 0.323 e. The quantitative estimate of drug-likeness (QED) is 0.782. The van der Waals surface area contributed by atoms with Crippen molar-refractivity contribution in [3.8, 4) is 11.3 Å². The number of carbonyl (C=O) groups is 2. The lowest BCUT2D eigenvalue weighted by molar-refractivity contribution is -0.145. The van der Waals surface area contributed by atoms with Crippen molar-refractivity contribution in [2.24, 2.45) is 0 Å². The Balaban J connectivity index is 2.03. The van der Waals surface area contributed by atoms with Crippen molar-refractivity contribution in [2.75, 3.05) is 6.54 Å². The van der Waals surface area contributed by atoms with Crippen molar-refractivity contribution < 1.29 is 19.1 Å². The molecule has 0 spiro atoms. The number of carboxylic acids is 1. The minimum atomic E-state index is -1.04. The fourth-order valence-corrected chi connectivity index (χ4v) is 2.80. The van der Waals surface area contributed by atoms with Crippen LogP contribution in [0.15, 0.2) is 28.8 Å². The summed E-state index contributed by atoms with van der Waals surface area (Å²) >= 11 is 12.0. The van der Waals surface area contributed by atoms with Gasteiger partial charge >= 0.3 is 5.97 Å². The van der Waals surface area contributed by atoms with E-state index in [4.69, 9.17) is 32.7 Å². The summed E-state index contributed by atoms with van der Waals surface area (Å²) < 4.78 is 5.64. The van der Waals surface area contributed by atoms with Crippen molar-refractivity contribution in [1.82, 2.24) is 9.88 Å². The number of rotatable bonds is 7. The zero-order valence-electron chi connectivity index (χ0n) is 13.8. The zero-order chi connectivity index (χ0) is 18.6. The number of aliphatic carboxylic acids is 1. The Hall–Kier alpha value is -2.05. The first-order valence-corrected chi connectivity index (χ1v) is 8.45. The van der Waals surface area contributed by atoms with Gasteiger partial charge in [-0.1, -0.05) is 23.2 Å². The fraction of sp³-hybridized carbons (Fsp3) is 0.353. The van der Waals surface area contributed by atoms with Gasteiger partial charge in [0.1, 0.15) is 6.54 Å². The lowest BCUT2D eigenvalue weighted by atomic mass is 10.2. The van der Waals surface area contributed by atoms with E-state index in [-0.39, 0.29) is 31.3 Å². The fourth-order valence-electron chi connectivity index (χ4n) is 2.30. The number of aryl methyl sites for hydroxylation is 1. The van der Waals surface area contributed by atoms with Crippen LogP contribution in [0.4, 0.5) is 0 Å². The number of hydrogen-bond donors (Lipinski definition) is 1. The van der Waals surface area contributed by atoms with E-state index < -0.39 is 5.97 Å². The molecule has 0 atom stereocenters. The van der Waals surface area contributed by atoms with E-state index in [1.807, 2.05) is 0 Å². The molecule has 0 saturated carbocycles. The van der Waals surface area contributed by atoms with Crippen LogP contribution in [0, 0.1) is 0 Å². The Labute approximate surface area is 155 Å². The molecule has 1 N–H and O–H groups in total. The Morgan fingerprint density at radius 2 is 2.04 bits per heavy atom. The highest BCUT2D eigenvalue weighted by molar-refractivity contribution is 6.36. The van der Waals surface area contributed by atoms with Gasteiger partial charge in [0, 0.05) is 29.5 Å². The van der Waals surface area contributed by atoms with Crippen molar-refractivity contribution in [3.05, 3.63) is 40.3 Å². The number of carbonyl (C=O) groups excluding carboxylic acids is 1. The van der Waals surface area contributed by atoms with E-state index in [9.17, 15) is 9.59 Å². The van der Waals surface area contributed by atoms with E-state index in [1.54, 1.807) is 32.0 Å². The minimum absolute atomic E-state index is 0.111. The number of benzene rings is 1. The van der Waals surface area contributed by atoms with E-state index in [0.717, 1.165) is 0 Å². The van der Waals surface area contributed by atoms with Crippen LogP contribution in [-0.4, -0.2) is 39.5 Å². The second kappa shape index (κ2) is 8.36. The van der Waals surface area contributed by atoms with Gasteiger partial charge in [0.25, 0.3) is 0 Å². The Kier molecular flexibility index (Phi) is 6.45. The summed E-state index contributed by atoms with van der Waals surface area (Å²) in [6.07, 6.45) is 1.92. The SMILES string of the molecule is CC(C)N(CC(=O)O)C(=O)CCc1ncc(-c2ccc(Cl)cc2Cl)o1. The maximum absolute atomic E-state index is 12.2. The van der Waals surface area contributed by atoms with Gasteiger partial charge in [0.15, 0.2) is 11.7 Å². The van der Waals surface area contributed by atoms with Crippen molar-refractivity contribution in [1.29, 1.82) is 0 Å². The lowest BCUT2D eigenvalue weighted by Gasteiger charge is -2.24. The van der Waals surface area contributed by atoms with Gasteiger partial charge in [-0.25, -0.2) is 4.98 Å². The van der Waals surface area contributed by atoms with Crippen molar-refractivity contribution in [2.45, 2.75) is 32.7 Å². The predicted octanol–water partition coefficient (Wildman–Crippen LogP) is 3.90. The summed E-state index contributed by atoms with van der Waals surface area (Å²) in [5.74, 6) is -0.441. The minimum Gasteiger partial charge on any atom is -0.480 e. The van der Waals surface area contributed by atoms with Gasteiger partial charge in [-0.2, -0.15) is 0 Å². The molecule has 0 aliphatic carbocycles. The molecule has 1 amide bonds. The Morgan fingerprint density at radius 3 is 2.64 bits per heavy atom. The number of nitrogens with zero attached hydrogens (tertiary/aromatic N) is 2. The van der Waals surface area contributed by atoms with Crippen LogP contribution in [0.1, 0.15) is 26.2 Å². The molecule has 0 radical (unpaired) electrons. The molecule has 0 unspecified atom stereocenters. The first kappa shape index (κ1) is 19.3. The van der Waals surface area contributed by atoms with Crippen LogP contribution in [0.2, 0.25) is 10.0 Å². The van der Waals surface area contributed by atoms with E-state index in [2.05, 4.69) is 4.98 Å². The third-order valence-electron chi connectivity index (χ3n) is 3.55. The summed E-state index contributed by atoms with van der Waals surface area (Å²) in [4.78, 5) is 28.5. The summed E-state index contributed by atoms with van der Waals surface area (Å²) in [5, 5.41) is 9.86. The zero-order valence-corrected chi connectivity index (χ0v) is 15.3. The second-order valence-corrected chi connectivity index (χ2v) is 6.60. The molecule has 2 aromatic rings. The summed E-state index contributed by atoms with van der Waals surface area (Å²) in [7, 11) is 0. The molecule has 0 saturated heterocycles. The summed E-state index contributed by atoms with van der Waals surface area (Å²) in [6.45, 7) is 3.22.